The molecule has 0 aromatic carbocycles. The zero-order valence-corrected chi connectivity index (χ0v) is 20.0. The number of thioether (sulfide) groups is 1. The van der Waals surface area contributed by atoms with E-state index in [-0.39, 0.29) is 17.0 Å². The molecule has 0 radical (unpaired) electrons. The second kappa shape index (κ2) is 9.59. The highest BCUT2D eigenvalue weighted by atomic mass is 32.2. The molecule has 0 bridgehead atoms. The topological polar surface area (TPSA) is 270 Å². The van der Waals surface area contributed by atoms with Crippen LogP contribution in [0.5, 0.6) is 0 Å². The van der Waals surface area contributed by atoms with Crippen LogP contribution in [0.2, 0.25) is 0 Å². The van der Waals surface area contributed by atoms with Crippen molar-refractivity contribution >= 4 is 51.8 Å². The Labute approximate surface area is 189 Å². The van der Waals surface area contributed by atoms with Crippen LogP contribution in [0.25, 0.3) is 11.2 Å². The number of aromatic nitrogens is 4. The first-order valence-corrected chi connectivity index (χ1v) is 15.0. The quantitative estimate of drug-likeness (QED) is 0.114. The Morgan fingerprint density at radius 3 is 2.45 bits per heavy atom. The van der Waals surface area contributed by atoms with Crippen LogP contribution >= 0.6 is 34.8 Å². The van der Waals surface area contributed by atoms with E-state index in [4.69, 9.17) is 20.3 Å². The molecule has 0 amide bonds. The number of phosphoric ester groups is 1. The van der Waals surface area contributed by atoms with Gasteiger partial charge in [0.15, 0.2) is 28.8 Å². The van der Waals surface area contributed by atoms with Crippen LogP contribution in [-0.4, -0.2) is 86.4 Å². The van der Waals surface area contributed by atoms with E-state index in [1.165, 1.54) is 22.7 Å². The van der Waals surface area contributed by atoms with Crippen molar-refractivity contribution in [3.8, 4) is 0 Å². The molecule has 33 heavy (non-hydrogen) atoms. The molecule has 3 heterocycles. The summed E-state index contributed by atoms with van der Waals surface area (Å²) in [5.41, 5.74) is 6.22. The van der Waals surface area contributed by atoms with Crippen LogP contribution in [0.3, 0.4) is 0 Å². The minimum absolute atomic E-state index is 0.0677. The number of hydrogen-bond donors (Lipinski definition) is 7. The number of hydrogen-bond acceptors (Lipinski definition) is 13. The molecule has 2 unspecified atom stereocenters. The summed E-state index contributed by atoms with van der Waals surface area (Å²) in [7, 11) is -15.6. The number of aliphatic hydroxyl groups is 2. The van der Waals surface area contributed by atoms with Crippen LogP contribution < -0.4 is 5.73 Å². The van der Waals surface area contributed by atoms with Crippen molar-refractivity contribution in [1.82, 2.24) is 19.5 Å². The van der Waals surface area contributed by atoms with E-state index < -0.39 is 60.1 Å². The summed E-state index contributed by atoms with van der Waals surface area (Å²) in [6.07, 6.45) is -3.00. The van der Waals surface area contributed by atoms with Gasteiger partial charge in [-0.25, -0.2) is 23.8 Å². The van der Waals surface area contributed by atoms with Crippen molar-refractivity contribution in [1.29, 1.82) is 0 Å². The average molecular weight is 551 g/mol. The van der Waals surface area contributed by atoms with Gasteiger partial charge in [-0.2, -0.15) is 0 Å². The first kappa shape index (κ1) is 26.6. The average Bonchev–Trinajstić information content (AvgIpc) is 3.19. The van der Waals surface area contributed by atoms with E-state index in [9.17, 15) is 33.7 Å². The third-order valence-corrected chi connectivity index (χ3v) is 9.99. The molecule has 0 aliphatic carbocycles. The Morgan fingerprint density at radius 2 is 1.85 bits per heavy atom. The molecule has 2 aromatic rings. The van der Waals surface area contributed by atoms with Gasteiger partial charge in [0.25, 0.3) is 0 Å². The lowest BCUT2D eigenvalue weighted by atomic mass is 10.1. The predicted molar refractivity (Wildman–Crippen MR) is 111 cm³/mol. The number of nitrogens with two attached hydrogens (primary N) is 1. The molecular formula is C12H20N5O12P3S. The lowest BCUT2D eigenvalue weighted by Crippen LogP contribution is -2.33. The van der Waals surface area contributed by atoms with Crippen LogP contribution in [-0.2, 0) is 27.3 Å². The van der Waals surface area contributed by atoms with Crippen molar-refractivity contribution in [3.63, 3.8) is 0 Å². The van der Waals surface area contributed by atoms with Crippen LogP contribution in [0.15, 0.2) is 11.5 Å². The Bertz CT molecular complexity index is 1170. The highest BCUT2D eigenvalue weighted by Gasteiger charge is 2.46. The van der Waals surface area contributed by atoms with Crippen molar-refractivity contribution in [2.75, 3.05) is 24.5 Å². The minimum Gasteiger partial charge on any atom is -0.387 e. The molecule has 0 saturated carbocycles. The zero-order valence-electron chi connectivity index (χ0n) is 16.5. The summed E-state index contributed by atoms with van der Waals surface area (Å²) in [6.45, 7) is -0.905. The number of anilines is 1. The maximum absolute atomic E-state index is 11.9. The molecule has 1 aliphatic heterocycles. The number of imidazole rings is 1. The molecular weight excluding hydrogens is 531 g/mol. The third-order valence-electron chi connectivity index (χ3n) is 4.22. The number of nitrogen functional groups attached to an aromatic ring is 1. The summed E-state index contributed by atoms with van der Waals surface area (Å²) < 4.78 is 49.7. The summed E-state index contributed by atoms with van der Waals surface area (Å²) in [6, 6.07) is 0. The van der Waals surface area contributed by atoms with Gasteiger partial charge in [-0.1, -0.05) is 11.8 Å². The first-order valence-electron chi connectivity index (χ1n) is 8.73. The molecule has 2 aromatic heterocycles. The molecule has 8 N–H and O–H groups in total. The molecule has 186 valence electrons. The fourth-order valence-corrected chi connectivity index (χ4v) is 7.62. The van der Waals surface area contributed by atoms with Crippen molar-refractivity contribution in [2.24, 2.45) is 0 Å². The third kappa shape index (κ3) is 6.38. The maximum Gasteiger partial charge on any atom is 0.479 e. The summed E-state index contributed by atoms with van der Waals surface area (Å²) in [5.74, 6) is -1.65. The van der Waals surface area contributed by atoms with Gasteiger partial charge in [0.1, 0.15) is 23.8 Å². The summed E-state index contributed by atoms with van der Waals surface area (Å²) >= 11 is 1.19. The van der Waals surface area contributed by atoms with E-state index in [0.717, 1.165) is 0 Å². The van der Waals surface area contributed by atoms with E-state index >= 15 is 0 Å². The first-order chi connectivity index (χ1) is 15.1. The van der Waals surface area contributed by atoms with E-state index in [1.54, 1.807) is 6.26 Å². The number of ether oxygens (including phenoxy) is 1. The monoisotopic (exact) mass is 551 g/mol. The van der Waals surface area contributed by atoms with E-state index in [0.29, 0.717) is 5.16 Å². The Balaban J connectivity index is 1.73. The SMILES string of the molecule is CSc1nc(N)c2ncn([C@H]3O[C@@H](COP(=O)(O)OP(=O)(O)CP(=O)(O)O)[C@H](O)[C@@H]3O)c2n1. The van der Waals surface area contributed by atoms with Crippen molar-refractivity contribution < 1.29 is 57.1 Å². The fraction of sp³-hybridized carbons (Fsp3) is 0.583. The van der Waals surface area contributed by atoms with Crippen LogP contribution in [0.1, 0.15) is 6.23 Å². The highest BCUT2D eigenvalue weighted by Crippen LogP contribution is 2.65. The number of nitrogens with zero attached hydrogens (tertiary/aromatic N) is 4. The largest absolute Gasteiger partial charge is 0.479 e. The second-order valence-electron chi connectivity index (χ2n) is 6.76. The standard InChI is InChI=1S/C12H20N5O12P3S/c1-33-12-15-9(13)6-10(16-12)17(3-14-6)11-8(19)7(18)5(28-11)2-27-32(25,26)29-31(23,24)4-30(20,21)22/h3,5,7-8,11,18-19H,2,4H2,1H3,(H,23,24)(H,25,26)(H2,13,15,16)(H2,20,21,22)/t5-,7-,8-,11-/m0/s1. The maximum atomic E-state index is 11.9. The van der Waals surface area contributed by atoms with Gasteiger partial charge in [-0.15, -0.1) is 0 Å². The van der Waals surface area contributed by atoms with E-state index in [2.05, 4.69) is 23.8 Å². The van der Waals surface area contributed by atoms with Gasteiger partial charge in [-0.3, -0.25) is 18.2 Å². The molecule has 21 heteroatoms. The number of fused-ring (bicyclic) bond motifs is 1. The number of aliphatic hydroxyl groups excluding tert-OH is 2. The lowest BCUT2D eigenvalue weighted by Gasteiger charge is -2.19. The summed E-state index contributed by atoms with van der Waals surface area (Å²) in [4.78, 5) is 48.8. The molecule has 1 fully saturated rings. The lowest BCUT2D eigenvalue weighted by molar-refractivity contribution is -0.0502. The number of phosphoric acid groups is 1. The predicted octanol–water partition coefficient (Wildman–Crippen LogP) is -0.796. The zero-order chi connectivity index (χ0) is 24.8. The smallest absolute Gasteiger partial charge is 0.387 e. The molecule has 17 nitrogen and oxygen atoms in total. The Kier molecular flexibility index (Phi) is 7.74. The second-order valence-corrected chi connectivity index (χ2v) is 13.1. The van der Waals surface area contributed by atoms with Gasteiger partial charge >= 0.3 is 23.0 Å². The van der Waals surface area contributed by atoms with Gasteiger partial charge < -0.3 is 40.3 Å². The van der Waals surface area contributed by atoms with Gasteiger partial charge in [0.2, 0.25) is 0 Å². The summed E-state index contributed by atoms with van der Waals surface area (Å²) in [5, 5.41) is 21.0. The van der Waals surface area contributed by atoms with Crippen molar-refractivity contribution in [2.45, 2.75) is 29.7 Å². The van der Waals surface area contributed by atoms with E-state index in [1.807, 2.05) is 0 Å². The molecule has 1 saturated heterocycles. The van der Waals surface area contributed by atoms with Crippen molar-refractivity contribution in [3.05, 3.63) is 6.33 Å². The van der Waals surface area contributed by atoms with Crippen LogP contribution in [0, 0.1) is 0 Å². The van der Waals surface area contributed by atoms with Gasteiger partial charge in [0.05, 0.1) is 12.9 Å². The van der Waals surface area contributed by atoms with Crippen LogP contribution in [0.4, 0.5) is 5.82 Å². The highest BCUT2D eigenvalue weighted by molar-refractivity contribution is 7.98. The Morgan fingerprint density at radius 1 is 1.18 bits per heavy atom. The molecule has 0 spiro atoms. The molecule has 6 atom stereocenters. The number of rotatable bonds is 9. The molecule has 1 aliphatic rings. The molecule has 3 rings (SSSR count). The fourth-order valence-electron chi connectivity index (χ4n) is 2.90. The van der Waals surface area contributed by atoms with Gasteiger partial charge in [0, 0.05) is 0 Å². The minimum atomic E-state index is -5.32. The normalized spacial score (nSPS) is 27.5. The van der Waals surface area contributed by atoms with Gasteiger partial charge in [-0.05, 0) is 6.26 Å². The Hall–Kier alpha value is -0.970.